The molecule has 1 N–H and O–H groups in total. The highest BCUT2D eigenvalue weighted by Crippen LogP contribution is 2.35. The fourth-order valence-corrected chi connectivity index (χ4v) is 5.53. The molecule has 6 nitrogen and oxygen atoms in total. The Balaban J connectivity index is 1.40. The maximum Gasteiger partial charge on any atom is 0.263 e. The predicted octanol–water partition coefficient (Wildman–Crippen LogP) is 3.97. The van der Waals surface area contributed by atoms with Crippen molar-refractivity contribution < 1.29 is 9.53 Å². The summed E-state index contributed by atoms with van der Waals surface area (Å²) in [4.78, 5) is 24.9. The Hall–Kier alpha value is -2.77. The number of nitrogens with one attached hydrogen (secondary N) is 1. The van der Waals surface area contributed by atoms with Crippen molar-refractivity contribution in [3.8, 4) is 11.1 Å². The highest BCUT2D eigenvalue weighted by molar-refractivity contribution is 7.17. The molecule has 1 fully saturated rings. The molecule has 2 aliphatic heterocycles. The van der Waals surface area contributed by atoms with E-state index in [0.29, 0.717) is 19.8 Å². The van der Waals surface area contributed by atoms with Gasteiger partial charge in [-0.15, -0.1) is 0 Å². The lowest BCUT2D eigenvalue weighted by molar-refractivity contribution is 0.0940. The molecule has 32 heavy (non-hydrogen) atoms. The van der Waals surface area contributed by atoms with E-state index in [-0.39, 0.29) is 17.4 Å². The first-order chi connectivity index (χ1) is 15.5. The van der Waals surface area contributed by atoms with Crippen molar-refractivity contribution >= 4 is 22.4 Å². The molecule has 166 valence electrons. The third-order valence-electron chi connectivity index (χ3n) is 6.13. The molecular formula is C25H28N4O2S. The summed E-state index contributed by atoms with van der Waals surface area (Å²) in [5.41, 5.74) is 4.46. The summed E-state index contributed by atoms with van der Waals surface area (Å²) in [5.74, 6) is 0.00306. The minimum Gasteiger partial charge on any atom is -0.377 e. The number of ether oxygens (including phenoxy) is 1. The summed E-state index contributed by atoms with van der Waals surface area (Å²) in [5, 5.41) is 3.99. The largest absolute Gasteiger partial charge is 0.377 e. The number of carbonyl (C=O) groups is 1. The Morgan fingerprint density at radius 1 is 1.25 bits per heavy atom. The molecule has 2 aromatic heterocycles. The molecule has 1 saturated heterocycles. The van der Waals surface area contributed by atoms with Crippen LogP contribution in [0.2, 0.25) is 0 Å². The maximum absolute atomic E-state index is 12.6. The molecule has 0 unspecified atom stereocenters. The number of hydrogen-bond acceptors (Lipinski definition) is 6. The smallest absolute Gasteiger partial charge is 0.263 e. The predicted molar refractivity (Wildman–Crippen MR) is 127 cm³/mol. The van der Waals surface area contributed by atoms with Crippen LogP contribution in [0.3, 0.4) is 0 Å². The molecule has 0 radical (unpaired) electrons. The van der Waals surface area contributed by atoms with Crippen molar-refractivity contribution in [2.45, 2.75) is 32.7 Å². The molecule has 0 saturated carbocycles. The number of carbonyl (C=O) groups excluding carboxylic acids is 1. The number of anilines is 1. The zero-order valence-corrected chi connectivity index (χ0v) is 19.3. The van der Waals surface area contributed by atoms with E-state index in [2.05, 4.69) is 59.4 Å². The van der Waals surface area contributed by atoms with Gasteiger partial charge in [0.05, 0.1) is 24.9 Å². The Kier molecular flexibility index (Phi) is 5.69. The Morgan fingerprint density at radius 3 is 2.97 bits per heavy atom. The Morgan fingerprint density at radius 2 is 2.12 bits per heavy atom. The van der Waals surface area contributed by atoms with Crippen molar-refractivity contribution in [1.82, 2.24) is 15.3 Å². The van der Waals surface area contributed by atoms with Gasteiger partial charge in [0.25, 0.3) is 5.91 Å². The van der Waals surface area contributed by atoms with Gasteiger partial charge in [-0.25, -0.2) is 4.98 Å². The van der Waals surface area contributed by atoms with E-state index in [9.17, 15) is 4.79 Å². The van der Waals surface area contributed by atoms with E-state index < -0.39 is 0 Å². The standard InChI is InChI=1S/C25H28N4O2S/c1-25(2)13-21-22(23(30)27-16-25)32-24(28-21)29-9-10-31-15-20(29)12-17-5-3-6-18(11-17)19-7-4-8-26-14-19/h3-8,11,14,20H,9-10,12-13,15-16H2,1-2H3,(H,27,30)/t20-/m0/s1. The molecule has 1 atom stereocenters. The highest BCUT2D eigenvalue weighted by atomic mass is 32.1. The molecular weight excluding hydrogens is 420 g/mol. The van der Waals surface area contributed by atoms with Crippen molar-refractivity contribution in [1.29, 1.82) is 0 Å². The number of benzene rings is 1. The van der Waals surface area contributed by atoms with E-state index in [0.717, 1.165) is 40.7 Å². The lowest BCUT2D eigenvalue weighted by atomic mass is 9.88. The summed E-state index contributed by atoms with van der Waals surface area (Å²) in [6.07, 6.45) is 5.35. The van der Waals surface area contributed by atoms with E-state index in [4.69, 9.17) is 9.72 Å². The van der Waals surface area contributed by atoms with Gasteiger partial charge < -0.3 is 15.0 Å². The zero-order valence-electron chi connectivity index (χ0n) is 18.5. The normalized spacial score (nSPS) is 20.4. The molecule has 1 amide bonds. The average molecular weight is 449 g/mol. The third kappa shape index (κ3) is 4.40. The van der Waals surface area contributed by atoms with Crippen LogP contribution in [0.5, 0.6) is 0 Å². The van der Waals surface area contributed by atoms with Crippen LogP contribution >= 0.6 is 11.3 Å². The van der Waals surface area contributed by atoms with Crippen molar-refractivity contribution in [3.63, 3.8) is 0 Å². The summed E-state index contributed by atoms with van der Waals surface area (Å²) in [6.45, 7) is 7.14. The second-order valence-electron chi connectivity index (χ2n) is 9.36. The summed E-state index contributed by atoms with van der Waals surface area (Å²) in [6, 6.07) is 12.8. The van der Waals surface area contributed by atoms with E-state index in [1.54, 1.807) is 6.20 Å². The van der Waals surface area contributed by atoms with Crippen molar-refractivity contribution in [2.75, 3.05) is 31.2 Å². The number of pyridine rings is 1. The average Bonchev–Trinajstić information content (AvgIpc) is 3.17. The second-order valence-corrected chi connectivity index (χ2v) is 10.3. The second kappa shape index (κ2) is 8.64. The molecule has 7 heteroatoms. The first-order valence-electron chi connectivity index (χ1n) is 11.1. The number of rotatable bonds is 4. The van der Waals surface area contributed by atoms with Gasteiger partial charge in [0, 0.05) is 25.5 Å². The lowest BCUT2D eigenvalue weighted by Crippen LogP contribution is -2.46. The number of nitrogens with zero attached hydrogens (tertiary/aromatic N) is 3. The highest BCUT2D eigenvalue weighted by Gasteiger charge is 2.33. The molecule has 0 bridgehead atoms. The Labute approximate surface area is 192 Å². The molecule has 1 aromatic carbocycles. The van der Waals surface area contributed by atoms with Gasteiger partial charge in [-0.3, -0.25) is 9.78 Å². The quantitative estimate of drug-likeness (QED) is 0.654. The van der Waals surface area contributed by atoms with Gasteiger partial charge in [-0.05, 0) is 41.0 Å². The fourth-order valence-electron chi connectivity index (χ4n) is 4.43. The van der Waals surface area contributed by atoms with Gasteiger partial charge in [0.1, 0.15) is 4.88 Å². The van der Waals surface area contributed by atoms with Gasteiger partial charge in [0.15, 0.2) is 5.13 Å². The van der Waals surface area contributed by atoms with Crippen LogP contribution in [0, 0.1) is 5.41 Å². The van der Waals surface area contributed by atoms with E-state index >= 15 is 0 Å². The minimum absolute atomic E-state index is 0.00306. The number of hydrogen-bond donors (Lipinski definition) is 1. The van der Waals surface area contributed by atoms with Crippen LogP contribution in [0.4, 0.5) is 5.13 Å². The molecule has 2 aliphatic rings. The monoisotopic (exact) mass is 448 g/mol. The maximum atomic E-state index is 12.6. The van der Waals surface area contributed by atoms with Crippen LogP contribution in [0.25, 0.3) is 11.1 Å². The van der Waals surface area contributed by atoms with E-state index in [1.165, 1.54) is 22.5 Å². The van der Waals surface area contributed by atoms with Crippen LogP contribution in [-0.4, -0.2) is 48.2 Å². The number of morpholine rings is 1. The number of amides is 1. The van der Waals surface area contributed by atoms with Gasteiger partial charge >= 0.3 is 0 Å². The van der Waals surface area contributed by atoms with Gasteiger partial charge in [-0.2, -0.15) is 0 Å². The Bertz CT molecular complexity index is 1110. The van der Waals surface area contributed by atoms with Crippen molar-refractivity contribution in [2.24, 2.45) is 5.41 Å². The SMILES string of the molecule is CC1(C)CNC(=O)c2sc(N3CCOC[C@@H]3Cc3cccc(-c4cccnc4)c3)nc2C1. The fraction of sp³-hybridized carbons (Fsp3) is 0.400. The van der Waals surface area contributed by atoms with Crippen LogP contribution in [-0.2, 0) is 17.6 Å². The molecule has 0 spiro atoms. The molecule has 4 heterocycles. The zero-order chi connectivity index (χ0) is 22.1. The number of aromatic nitrogens is 2. The number of fused-ring (bicyclic) bond motifs is 1. The summed E-state index contributed by atoms with van der Waals surface area (Å²) < 4.78 is 5.84. The summed E-state index contributed by atoms with van der Waals surface area (Å²) >= 11 is 1.52. The number of thiazole rings is 1. The first kappa shape index (κ1) is 21.1. The van der Waals surface area contributed by atoms with E-state index in [1.807, 2.05) is 12.3 Å². The van der Waals surface area contributed by atoms with Gasteiger partial charge in [-0.1, -0.05) is 55.5 Å². The molecule has 5 rings (SSSR count). The minimum atomic E-state index is 0.00306. The van der Waals surface area contributed by atoms with Crippen LogP contribution < -0.4 is 10.2 Å². The molecule has 3 aromatic rings. The lowest BCUT2D eigenvalue weighted by Gasteiger charge is -2.35. The van der Waals surface area contributed by atoms with Crippen LogP contribution in [0.15, 0.2) is 48.8 Å². The van der Waals surface area contributed by atoms with Gasteiger partial charge in [0.2, 0.25) is 0 Å². The van der Waals surface area contributed by atoms with Crippen molar-refractivity contribution in [3.05, 3.63) is 64.9 Å². The molecule has 0 aliphatic carbocycles. The third-order valence-corrected chi connectivity index (χ3v) is 7.27. The summed E-state index contributed by atoms with van der Waals surface area (Å²) in [7, 11) is 0. The topological polar surface area (TPSA) is 67.4 Å². The van der Waals surface area contributed by atoms with Crippen LogP contribution in [0.1, 0.15) is 34.8 Å². The first-order valence-corrected chi connectivity index (χ1v) is 11.9.